The van der Waals surface area contributed by atoms with E-state index in [1.807, 2.05) is 0 Å². The van der Waals surface area contributed by atoms with Crippen LogP contribution in [-0.2, 0) is 0 Å². The van der Waals surface area contributed by atoms with Gasteiger partial charge in [0.05, 0.1) is 0 Å². The molecule has 14 heavy (non-hydrogen) atoms. The van der Waals surface area contributed by atoms with Crippen molar-refractivity contribution < 1.29 is 23.8 Å². The highest BCUT2D eigenvalue weighted by molar-refractivity contribution is 8.45. The molecule has 82 valence electrons. The van der Waals surface area contributed by atoms with E-state index in [9.17, 15) is 23.8 Å². The highest BCUT2D eigenvalue weighted by Gasteiger charge is 2.65. The quantitative estimate of drug-likeness (QED) is 0.615. The van der Waals surface area contributed by atoms with Crippen molar-refractivity contribution in [2.24, 2.45) is 0 Å². The first-order valence-electron chi connectivity index (χ1n) is 3.40. The molecule has 0 amide bonds. The Labute approximate surface area is 76.3 Å². The van der Waals surface area contributed by atoms with Crippen molar-refractivity contribution >= 4 is 10.2 Å². The summed E-state index contributed by atoms with van der Waals surface area (Å²) < 4.78 is 73.2. The van der Waals surface area contributed by atoms with Gasteiger partial charge in [-0.05, 0) is 30.7 Å². The molecule has 0 aliphatic rings. The molecule has 0 aliphatic carbocycles. The standard InChI is InChI=1S/C7H6F6S/c1-5-2-6(8)4-7(3-5)14(9,10,11,12)13/h2-4H,1H3. The van der Waals surface area contributed by atoms with Gasteiger partial charge in [0, 0.05) is 0 Å². The first-order valence-corrected chi connectivity index (χ1v) is 5.35. The van der Waals surface area contributed by atoms with Crippen LogP contribution < -0.4 is 0 Å². The Hall–Kier alpha value is -0.850. The Bertz CT molecular complexity index is 358. The molecule has 7 heteroatoms. The molecule has 0 spiro atoms. The minimum absolute atomic E-state index is 0.200. The summed E-state index contributed by atoms with van der Waals surface area (Å²) in [6, 6.07) is 0.770. The molecule has 0 saturated heterocycles. The maximum absolute atomic E-state index is 12.5. The molecule has 0 atom stereocenters. The van der Waals surface area contributed by atoms with Crippen LogP contribution in [0.3, 0.4) is 0 Å². The molecule has 1 aromatic rings. The van der Waals surface area contributed by atoms with Crippen molar-refractivity contribution in [1.82, 2.24) is 0 Å². The molecular weight excluding hydrogens is 230 g/mol. The highest BCUT2D eigenvalue weighted by atomic mass is 32.5. The normalized spacial score (nSPS) is 17.4. The van der Waals surface area contributed by atoms with E-state index in [1.165, 1.54) is 0 Å². The third kappa shape index (κ3) is 2.57. The average molecular weight is 236 g/mol. The lowest BCUT2D eigenvalue weighted by Gasteiger charge is -2.40. The third-order valence-corrected chi connectivity index (χ3v) is 2.59. The minimum atomic E-state index is -9.74. The second-order valence-corrected chi connectivity index (χ2v) is 5.34. The fourth-order valence-electron chi connectivity index (χ4n) is 0.926. The molecule has 0 N–H and O–H groups in total. The lowest BCUT2D eigenvalue weighted by Crippen LogP contribution is -2.06. The number of hydrogen-bond donors (Lipinski definition) is 0. The molecular formula is C7H6F6S. The summed E-state index contributed by atoms with van der Waals surface area (Å²) in [5.74, 6) is -1.33. The van der Waals surface area contributed by atoms with Crippen LogP contribution in [0.2, 0.25) is 0 Å². The van der Waals surface area contributed by atoms with Crippen LogP contribution >= 0.6 is 10.2 Å². The summed E-state index contributed by atoms with van der Waals surface area (Å²) in [7, 11) is -9.74. The molecule has 0 radical (unpaired) electrons. The lowest BCUT2D eigenvalue weighted by atomic mass is 10.2. The van der Waals surface area contributed by atoms with Gasteiger partial charge in [-0.1, -0.05) is 19.4 Å². The second kappa shape index (κ2) is 2.21. The highest BCUT2D eigenvalue weighted by Crippen LogP contribution is 3.02. The van der Waals surface area contributed by atoms with E-state index < -0.39 is 20.9 Å². The van der Waals surface area contributed by atoms with Crippen molar-refractivity contribution in [3.63, 3.8) is 0 Å². The van der Waals surface area contributed by atoms with Gasteiger partial charge in [0.15, 0.2) is 0 Å². The van der Waals surface area contributed by atoms with Gasteiger partial charge >= 0.3 is 10.2 Å². The van der Waals surface area contributed by atoms with Gasteiger partial charge in [0.1, 0.15) is 10.7 Å². The van der Waals surface area contributed by atoms with Gasteiger partial charge in [-0.3, -0.25) is 0 Å². The van der Waals surface area contributed by atoms with E-state index in [-0.39, 0.29) is 17.7 Å². The molecule has 0 saturated carbocycles. The maximum Gasteiger partial charge on any atom is 0.310 e. The van der Waals surface area contributed by atoms with Crippen molar-refractivity contribution in [1.29, 1.82) is 0 Å². The van der Waals surface area contributed by atoms with Gasteiger partial charge in [0.25, 0.3) is 0 Å². The molecule has 0 aromatic heterocycles. The molecule has 0 fully saturated rings. The van der Waals surface area contributed by atoms with Crippen LogP contribution in [0.15, 0.2) is 23.1 Å². The molecule has 0 unspecified atom stereocenters. The lowest BCUT2D eigenvalue weighted by molar-refractivity contribution is 0.363. The van der Waals surface area contributed by atoms with E-state index in [1.54, 1.807) is 0 Å². The Kier molecular flexibility index (Phi) is 1.77. The number of hydrogen-bond acceptors (Lipinski definition) is 0. The number of rotatable bonds is 1. The molecule has 0 bridgehead atoms. The van der Waals surface area contributed by atoms with E-state index in [4.69, 9.17) is 0 Å². The van der Waals surface area contributed by atoms with Gasteiger partial charge in [-0.25, -0.2) is 4.39 Å². The van der Waals surface area contributed by atoms with E-state index in [0.717, 1.165) is 13.0 Å². The largest absolute Gasteiger partial charge is 0.310 e. The second-order valence-electron chi connectivity index (χ2n) is 2.93. The van der Waals surface area contributed by atoms with Gasteiger partial charge in [-0.2, -0.15) is 0 Å². The van der Waals surface area contributed by atoms with Crippen LogP contribution in [0.25, 0.3) is 0 Å². The Morgan fingerprint density at radius 3 is 1.79 bits per heavy atom. The Morgan fingerprint density at radius 2 is 1.43 bits per heavy atom. The SMILES string of the molecule is Cc1cc(F)cc(S(F)(F)(F)(F)F)c1. The summed E-state index contributed by atoms with van der Waals surface area (Å²) in [5, 5.41) is 0. The molecule has 0 heterocycles. The number of benzene rings is 1. The number of halogens is 6. The predicted molar refractivity (Wildman–Crippen MR) is 42.5 cm³/mol. The molecule has 0 aliphatic heterocycles. The van der Waals surface area contributed by atoms with E-state index >= 15 is 0 Å². The van der Waals surface area contributed by atoms with Crippen molar-refractivity contribution in [2.45, 2.75) is 11.8 Å². The molecule has 1 aromatic carbocycles. The first kappa shape index (κ1) is 11.2. The van der Waals surface area contributed by atoms with Crippen LogP contribution in [0.1, 0.15) is 5.56 Å². The minimum Gasteiger partial charge on any atom is -0.207 e. The van der Waals surface area contributed by atoms with Crippen molar-refractivity contribution in [2.75, 3.05) is 0 Å². The maximum atomic E-state index is 12.5. The summed E-state index contributed by atoms with van der Waals surface area (Å²) in [4.78, 5) is -2.19. The Balaban J connectivity index is 3.50. The molecule has 0 nitrogen and oxygen atoms in total. The zero-order valence-electron chi connectivity index (χ0n) is 6.91. The van der Waals surface area contributed by atoms with E-state index in [0.29, 0.717) is 0 Å². The predicted octanol–water partition coefficient (Wildman–Crippen LogP) is 4.79. The Morgan fingerprint density at radius 1 is 0.929 bits per heavy atom. The van der Waals surface area contributed by atoms with Crippen LogP contribution in [0, 0.1) is 12.7 Å². The zero-order chi connectivity index (χ0) is 11.3. The summed E-state index contributed by atoms with van der Waals surface area (Å²) in [5.41, 5.74) is -0.201. The molecule has 1 rings (SSSR count). The average Bonchev–Trinajstić information content (AvgIpc) is 1.78. The van der Waals surface area contributed by atoms with Crippen molar-refractivity contribution in [3.8, 4) is 0 Å². The fourth-order valence-corrected chi connectivity index (χ4v) is 1.67. The fraction of sp³-hybridized carbons (Fsp3) is 0.143. The number of aryl methyl sites for hydroxylation is 1. The zero-order valence-corrected chi connectivity index (χ0v) is 7.72. The van der Waals surface area contributed by atoms with Gasteiger partial charge < -0.3 is 0 Å². The van der Waals surface area contributed by atoms with E-state index in [2.05, 4.69) is 0 Å². The summed E-state index contributed by atoms with van der Waals surface area (Å²) >= 11 is 0. The smallest absolute Gasteiger partial charge is 0.207 e. The van der Waals surface area contributed by atoms with Gasteiger partial charge in [0.2, 0.25) is 0 Å². The van der Waals surface area contributed by atoms with Gasteiger partial charge in [-0.15, -0.1) is 0 Å². The van der Waals surface area contributed by atoms with Crippen LogP contribution in [0.4, 0.5) is 23.8 Å². The monoisotopic (exact) mass is 236 g/mol. The van der Waals surface area contributed by atoms with Crippen LogP contribution in [-0.4, -0.2) is 0 Å². The third-order valence-electron chi connectivity index (χ3n) is 1.46. The van der Waals surface area contributed by atoms with Crippen LogP contribution in [0.5, 0.6) is 0 Å². The summed E-state index contributed by atoms with van der Waals surface area (Å²) in [6.07, 6.45) is 0. The van der Waals surface area contributed by atoms with Crippen molar-refractivity contribution in [3.05, 3.63) is 29.6 Å². The first-order chi connectivity index (χ1) is 5.88. The summed E-state index contributed by atoms with van der Waals surface area (Å²) in [6.45, 7) is 1.11. The topological polar surface area (TPSA) is 0 Å².